The fraction of sp³-hybridized carbons (Fsp3) is 0. The van der Waals surface area contributed by atoms with E-state index >= 15 is 0 Å². The van der Waals surface area contributed by atoms with Gasteiger partial charge in [-0.1, -0.05) is 0 Å². The third-order valence-corrected chi connectivity index (χ3v) is 0. The Hall–Kier alpha value is -0.597. The van der Waals surface area contributed by atoms with Crippen molar-refractivity contribution in [3.8, 4) is 0 Å². The Balaban J connectivity index is -0.0000000104. The molecule has 0 aliphatic heterocycles. The molecule has 0 heterocycles. The minimum atomic E-state index is 0.993. The van der Waals surface area contributed by atoms with E-state index in [1.807, 2.05) is 0 Å². The van der Waals surface area contributed by atoms with Gasteiger partial charge in [-0.2, -0.15) is 0 Å². The van der Waals surface area contributed by atoms with E-state index in [4.69, 9.17) is 19.2 Å². The quantitative estimate of drug-likeness (QED) is 0.398. The predicted molar refractivity (Wildman–Crippen MR) is 32.7 cm³/mol. The molecule has 0 rings (SSSR count). The molecule has 6 heteroatoms. The van der Waals surface area contributed by atoms with Gasteiger partial charge < -0.3 is 0 Å². The molecule has 0 unspecified atom stereocenters. The molecule has 0 fully saturated rings. The number of rotatable bonds is 0. The van der Waals surface area contributed by atoms with E-state index in [0.717, 1.165) is 8.89 Å². The van der Waals surface area contributed by atoms with Crippen LogP contribution in [0, 0.1) is 0 Å². The van der Waals surface area contributed by atoms with Crippen LogP contribution < -0.4 is 0 Å². The second-order valence-electron chi connectivity index (χ2n) is 0. The Kier molecular flexibility index (Phi) is 4430. The van der Waals surface area contributed by atoms with Crippen LogP contribution in [0.1, 0.15) is 0 Å². The molecule has 0 N–H and O–H groups in total. The van der Waals surface area contributed by atoms with Gasteiger partial charge in [0.05, 0.1) is 0 Å². The summed E-state index contributed by atoms with van der Waals surface area (Å²) in [5.74, 6) is 0. The van der Waals surface area contributed by atoms with Gasteiger partial charge in [-0.3, -0.25) is 19.2 Å². The Morgan fingerprint density at radius 3 is 0.600 bits per heavy atom. The van der Waals surface area contributed by atoms with Crippen LogP contribution in [-0.2, 0) is 34.3 Å². The van der Waals surface area contributed by atoms with Crippen LogP contribution in [0.2, 0.25) is 0 Å². The monoisotopic (exact) mass is 202 g/mol. The van der Waals surface area contributed by atoms with Crippen molar-refractivity contribution in [1.29, 1.82) is 0 Å². The van der Waals surface area contributed by atoms with Crippen molar-refractivity contribution in [3.05, 3.63) is 0 Å². The number of hydrogen-bond donors (Lipinski definition) is 0. The van der Waals surface area contributed by atoms with Crippen molar-refractivity contribution < 1.29 is 34.3 Å². The molecule has 8 radical (unpaired) electrons. The number of hydrogen-bond acceptors (Lipinski definition) is 4. The van der Waals surface area contributed by atoms with Gasteiger partial charge in [0.1, 0.15) is 0 Å². The molecular formula is C4H3CoO4Si. The van der Waals surface area contributed by atoms with Gasteiger partial charge in [0.2, 0.25) is 0 Å². The van der Waals surface area contributed by atoms with Crippen molar-refractivity contribution in [2.75, 3.05) is 0 Å². The van der Waals surface area contributed by atoms with Crippen LogP contribution in [0.25, 0.3) is 0 Å². The second kappa shape index (κ2) is 1290. The SMILES string of the molecule is [C]=O.[C]=O.[C]=O.[C]=O.[SiH3][Co]. The van der Waals surface area contributed by atoms with Gasteiger partial charge >= 0.3 is 24.0 Å². The molecule has 0 aromatic heterocycles. The van der Waals surface area contributed by atoms with Crippen LogP contribution >= 0.6 is 0 Å². The molecule has 0 aliphatic carbocycles. The molecule has 56 valence electrons. The zero-order valence-electron chi connectivity index (χ0n) is 4.97. The summed E-state index contributed by atoms with van der Waals surface area (Å²) in [6.45, 7) is 18.0. The third kappa shape index (κ3) is 853. The summed E-state index contributed by atoms with van der Waals surface area (Å²) in [7, 11) is 0.993. The third-order valence-electron chi connectivity index (χ3n) is 0. The molecule has 0 saturated carbocycles. The molecule has 0 amide bonds. The van der Waals surface area contributed by atoms with Gasteiger partial charge in [-0.15, -0.1) is 0 Å². The van der Waals surface area contributed by atoms with Crippen molar-refractivity contribution in [2.24, 2.45) is 0 Å². The van der Waals surface area contributed by atoms with Crippen LogP contribution in [0.15, 0.2) is 0 Å². The summed E-state index contributed by atoms with van der Waals surface area (Å²) in [5, 5.41) is 0. The second-order valence-corrected chi connectivity index (χ2v) is 0. The number of carbonyl (C=O) groups excluding carboxylic acids is 4. The fourth-order valence-electron chi connectivity index (χ4n) is 0. The van der Waals surface area contributed by atoms with E-state index in [0.29, 0.717) is 0 Å². The molecule has 0 saturated heterocycles. The van der Waals surface area contributed by atoms with Gasteiger partial charge in [0.15, 0.2) is 0 Å². The van der Waals surface area contributed by atoms with Crippen LogP contribution in [0.3, 0.4) is 0 Å². The molecule has 0 bridgehead atoms. The summed E-state index contributed by atoms with van der Waals surface area (Å²) >= 11 is 3.70. The maximum absolute atomic E-state index is 7.50. The van der Waals surface area contributed by atoms with E-state index in [9.17, 15) is 0 Å². The molecule has 0 aromatic carbocycles. The Morgan fingerprint density at radius 2 is 0.600 bits per heavy atom. The summed E-state index contributed by atoms with van der Waals surface area (Å²) < 4.78 is 0. The average Bonchev–Trinajstić information content (AvgIpc) is 2.20. The first-order chi connectivity index (χ1) is 5.00. The predicted octanol–water partition coefficient (Wildman–Crippen LogP) is -2.77. The van der Waals surface area contributed by atoms with Gasteiger partial charge in [0.25, 0.3) is 27.2 Å². The van der Waals surface area contributed by atoms with Crippen LogP contribution in [0.5, 0.6) is 0 Å². The topological polar surface area (TPSA) is 68.3 Å². The summed E-state index contributed by atoms with van der Waals surface area (Å²) in [4.78, 5) is 30.0. The van der Waals surface area contributed by atoms with Crippen molar-refractivity contribution in [2.45, 2.75) is 0 Å². The van der Waals surface area contributed by atoms with Gasteiger partial charge in [-0.25, -0.2) is 0 Å². The van der Waals surface area contributed by atoms with Crippen molar-refractivity contribution in [3.63, 3.8) is 0 Å². The van der Waals surface area contributed by atoms with E-state index < -0.39 is 0 Å². The van der Waals surface area contributed by atoms with Crippen molar-refractivity contribution in [1.82, 2.24) is 0 Å². The minimum absolute atomic E-state index is 0.993. The zero-order chi connectivity index (χ0) is 10.0. The Bertz CT molecular complexity index is 25.2. The van der Waals surface area contributed by atoms with E-state index in [1.54, 1.807) is 0 Å². The first kappa shape index (κ1) is 34.2. The van der Waals surface area contributed by atoms with Crippen LogP contribution in [-0.4, -0.2) is 36.0 Å². The molecule has 0 atom stereocenters. The van der Waals surface area contributed by atoms with Gasteiger partial charge in [0, 0.05) is 0 Å². The average molecular weight is 202 g/mol. The van der Waals surface area contributed by atoms with E-state index in [-0.39, 0.29) is 0 Å². The summed E-state index contributed by atoms with van der Waals surface area (Å²) in [5.41, 5.74) is 0. The molecular weight excluding hydrogens is 199 g/mol. The molecule has 0 spiro atoms. The standard InChI is InChI=1S/4CO.Co.H3Si/c4*1-2;;/h;;;;;1H3. The van der Waals surface area contributed by atoms with E-state index in [2.05, 4.69) is 42.3 Å². The van der Waals surface area contributed by atoms with Crippen LogP contribution in [0.4, 0.5) is 0 Å². The fourth-order valence-corrected chi connectivity index (χ4v) is 0. The van der Waals surface area contributed by atoms with Gasteiger partial charge in [-0.05, 0) is 0 Å². The van der Waals surface area contributed by atoms with Crippen molar-refractivity contribution >= 4 is 36.0 Å². The Labute approximate surface area is 70.8 Å². The normalized spacial score (nSPS) is 2.60. The van der Waals surface area contributed by atoms with E-state index in [1.165, 1.54) is 0 Å². The molecule has 0 aliphatic rings. The molecule has 4 nitrogen and oxygen atoms in total. The first-order valence-corrected chi connectivity index (χ1v) is 4.94. The summed E-state index contributed by atoms with van der Waals surface area (Å²) in [6, 6.07) is 0. The molecule has 10 heavy (non-hydrogen) atoms. The maximum atomic E-state index is 7.50. The Morgan fingerprint density at radius 1 is 0.600 bits per heavy atom. The zero-order valence-corrected chi connectivity index (χ0v) is 8.01. The first-order valence-electron chi connectivity index (χ1n) is 1.15. The summed E-state index contributed by atoms with van der Waals surface area (Å²) in [6.07, 6.45) is 0. The molecule has 0 aromatic rings.